The van der Waals surface area contributed by atoms with E-state index in [4.69, 9.17) is 50.2 Å². The largest absolute Gasteiger partial charge is 0.510 e. The van der Waals surface area contributed by atoms with Gasteiger partial charge in [0, 0.05) is 6.42 Å². The normalized spacial score (nSPS) is 13.2. The molecule has 44 heavy (non-hydrogen) atoms. The Hall–Kier alpha value is -3.49. The molecule has 0 amide bonds. The lowest BCUT2D eigenvalue weighted by molar-refractivity contribution is -0.493. The molecule has 0 bridgehead atoms. The van der Waals surface area contributed by atoms with Crippen LogP contribution in [0.3, 0.4) is 0 Å². The molecular formula is C25H28ClN3O13S2. The highest BCUT2D eigenvalue weighted by Crippen LogP contribution is 2.38. The summed E-state index contributed by atoms with van der Waals surface area (Å²) in [5.41, 5.74) is 1.56. The van der Waals surface area contributed by atoms with Crippen LogP contribution in [0.25, 0.3) is 0 Å². The summed E-state index contributed by atoms with van der Waals surface area (Å²) in [4.78, 5) is 29.7. The van der Waals surface area contributed by atoms with Gasteiger partial charge in [0.05, 0.1) is 30.1 Å². The molecule has 0 aliphatic carbocycles. The van der Waals surface area contributed by atoms with Crippen LogP contribution in [-0.2, 0) is 35.5 Å². The molecular weight excluding hydrogens is 650 g/mol. The number of hydrogen-bond donors (Lipinski definition) is 2. The average molecular weight is 678 g/mol. The molecule has 0 fully saturated rings. The zero-order chi connectivity index (χ0) is 32.0. The predicted molar refractivity (Wildman–Crippen MR) is 150 cm³/mol. The van der Waals surface area contributed by atoms with E-state index < -0.39 is 39.5 Å². The third kappa shape index (κ3) is 7.77. The van der Waals surface area contributed by atoms with Crippen LogP contribution in [0.15, 0.2) is 33.0 Å². The third-order valence-electron chi connectivity index (χ3n) is 6.06. The Labute approximate surface area is 260 Å². The van der Waals surface area contributed by atoms with Crippen molar-refractivity contribution in [1.82, 2.24) is 10.5 Å². The maximum atomic E-state index is 14.1. The van der Waals surface area contributed by atoms with E-state index in [0.29, 0.717) is 21.4 Å². The number of hydrogen-bond acceptors (Lipinski definition) is 16. The van der Waals surface area contributed by atoms with Gasteiger partial charge in [0.2, 0.25) is 6.79 Å². The van der Waals surface area contributed by atoms with Gasteiger partial charge in [-0.2, -0.15) is 4.31 Å². The molecule has 1 atom stereocenters. The minimum Gasteiger partial charge on any atom is -0.454 e. The fraction of sp³-hybridized carbons (Fsp3) is 0.400. The van der Waals surface area contributed by atoms with Crippen LogP contribution in [0.1, 0.15) is 33.4 Å². The van der Waals surface area contributed by atoms with Crippen molar-refractivity contribution in [2.45, 2.75) is 38.3 Å². The molecule has 1 aliphatic heterocycles. The summed E-state index contributed by atoms with van der Waals surface area (Å²) in [5, 5.41) is 21.4. The molecule has 240 valence electrons. The fourth-order valence-electron chi connectivity index (χ4n) is 3.98. The first-order chi connectivity index (χ1) is 20.9. The van der Waals surface area contributed by atoms with E-state index in [2.05, 4.69) is 9.99 Å². The minimum absolute atomic E-state index is 0.0578. The van der Waals surface area contributed by atoms with Gasteiger partial charge in [0.25, 0.3) is 15.9 Å². The van der Waals surface area contributed by atoms with Gasteiger partial charge in [0.1, 0.15) is 22.2 Å². The molecule has 0 saturated heterocycles. The van der Waals surface area contributed by atoms with E-state index in [1.165, 1.54) is 25.3 Å². The first kappa shape index (κ1) is 33.4. The van der Waals surface area contributed by atoms with Crippen LogP contribution in [0.4, 0.5) is 10.7 Å². The van der Waals surface area contributed by atoms with E-state index >= 15 is 0 Å². The van der Waals surface area contributed by atoms with Gasteiger partial charge >= 0.3 is 6.16 Å². The van der Waals surface area contributed by atoms with Gasteiger partial charge in [-0.1, -0.05) is 16.8 Å². The van der Waals surface area contributed by atoms with Crippen molar-refractivity contribution in [3.05, 3.63) is 50.3 Å². The molecule has 1 unspecified atom stereocenters. The Morgan fingerprint density at radius 3 is 2.52 bits per heavy atom. The lowest BCUT2D eigenvalue weighted by Crippen LogP contribution is -2.42. The number of carbonyl (C=O) groups is 2. The molecule has 0 saturated carbocycles. The lowest BCUT2D eigenvalue weighted by Gasteiger charge is -2.27. The highest BCUT2D eigenvalue weighted by atomic mass is 35.5. The van der Waals surface area contributed by atoms with Crippen LogP contribution in [0.5, 0.6) is 11.5 Å². The van der Waals surface area contributed by atoms with Crippen molar-refractivity contribution in [3.8, 4) is 11.5 Å². The molecule has 19 heteroatoms. The maximum absolute atomic E-state index is 14.1. The van der Waals surface area contributed by atoms with Gasteiger partial charge in [-0.3, -0.25) is 15.2 Å². The van der Waals surface area contributed by atoms with E-state index in [-0.39, 0.29) is 60.1 Å². The van der Waals surface area contributed by atoms with Crippen molar-refractivity contribution in [1.29, 1.82) is 0 Å². The number of aromatic nitrogens is 1. The summed E-state index contributed by atoms with van der Waals surface area (Å²) in [5.74, 6) is 0.118. The van der Waals surface area contributed by atoms with Crippen molar-refractivity contribution in [2.75, 3.05) is 37.5 Å². The van der Waals surface area contributed by atoms with Gasteiger partial charge < -0.3 is 28.2 Å². The minimum atomic E-state index is -4.65. The number of Topliss-reactive ketones (excluding diaryl/α,β-unsaturated/α-hetero) is 1. The summed E-state index contributed by atoms with van der Waals surface area (Å²) >= 11 is 7.23. The monoisotopic (exact) mass is 677 g/mol. The number of anilines is 1. The zero-order valence-corrected chi connectivity index (χ0v) is 25.9. The first-order valence-electron chi connectivity index (χ1n) is 12.8. The van der Waals surface area contributed by atoms with E-state index in [9.17, 15) is 18.0 Å². The molecule has 4 rings (SSSR count). The summed E-state index contributed by atoms with van der Waals surface area (Å²) in [6.45, 7) is 3.93. The Morgan fingerprint density at radius 1 is 1.14 bits per heavy atom. The number of aryl methyl sites for hydroxylation is 2. The van der Waals surface area contributed by atoms with Gasteiger partial charge in [0.15, 0.2) is 23.5 Å². The Bertz CT molecular complexity index is 1590. The number of nitrogens with zero attached hydrogens (tertiary/aromatic N) is 3. The predicted octanol–water partition coefficient (Wildman–Crippen LogP) is 3.88. The van der Waals surface area contributed by atoms with E-state index in [1.54, 1.807) is 19.1 Å². The summed E-state index contributed by atoms with van der Waals surface area (Å²) in [7, 11) is -4.65. The van der Waals surface area contributed by atoms with Gasteiger partial charge in [-0.25, -0.2) is 18.0 Å². The summed E-state index contributed by atoms with van der Waals surface area (Å²) < 4.78 is 60.0. The number of ether oxygens (including phenoxy) is 5. The Kier molecular flexibility index (Phi) is 11.0. The zero-order valence-electron chi connectivity index (χ0n) is 23.6. The molecule has 1 aromatic carbocycles. The molecule has 1 aliphatic rings. The lowest BCUT2D eigenvalue weighted by atomic mass is 10.0. The highest BCUT2D eigenvalue weighted by molar-refractivity contribution is 7.93. The molecule has 3 heterocycles. The number of benzene rings is 1. The highest BCUT2D eigenvalue weighted by Gasteiger charge is 2.39. The fourth-order valence-corrected chi connectivity index (χ4v) is 7.04. The number of ketones is 1. The van der Waals surface area contributed by atoms with Crippen molar-refractivity contribution >= 4 is 50.8 Å². The van der Waals surface area contributed by atoms with Crippen LogP contribution in [-0.4, -0.2) is 80.8 Å². The molecule has 3 aromatic rings. The number of rotatable bonds is 15. The summed E-state index contributed by atoms with van der Waals surface area (Å²) in [6.07, 6.45) is -2.95. The van der Waals surface area contributed by atoms with Crippen LogP contribution in [0.2, 0.25) is 5.02 Å². The van der Waals surface area contributed by atoms with Crippen molar-refractivity contribution < 1.29 is 61.5 Å². The summed E-state index contributed by atoms with van der Waals surface area (Å²) in [6, 6.07) is 4.67. The van der Waals surface area contributed by atoms with Crippen LogP contribution in [0, 0.1) is 13.8 Å². The number of sulfonamides is 1. The first-order valence-corrected chi connectivity index (χ1v) is 15.5. The van der Waals surface area contributed by atoms with Gasteiger partial charge in [-0.15, -0.1) is 11.3 Å². The SMILES string of the molecule is Cc1cc2c(cc1CC(=O)c1sccc1S(=O)(=O)N(c1onc(C)c1Cl)C(C)OC(=O)OCCOCCON(O)O)OCO2. The van der Waals surface area contributed by atoms with Crippen LogP contribution >= 0.6 is 22.9 Å². The second-order valence-corrected chi connectivity index (χ2v) is 12.1. The maximum Gasteiger partial charge on any atom is 0.510 e. The van der Waals surface area contributed by atoms with E-state index in [1.807, 2.05) is 0 Å². The molecule has 0 spiro atoms. The van der Waals surface area contributed by atoms with E-state index in [0.717, 1.165) is 16.9 Å². The third-order valence-corrected chi connectivity index (χ3v) is 9.45. The second kappa shape index (κ2) is 14.5. The topological polar surface area (TPSA) is 197 Å². The molecule has 2 N–H and O–H groups in total. The molecule has 2 aromatic heterocycles. The number of carbonyl (C=O) groups excluding carboxylic acids is 2. The van der Waals surface area contributed by atoms with Crippen LogP contribution < -0.4 is 13.8 Å². The number of fused-ring (bicyclic) bond motifs is 1. The number of halogens is 1. The second-order valence-electron chi connectivity index (χ2n) is 9.05. The number of thiophene rings is 1. The van der Waals surface area contributed by atoms with Crippen molar-refractivity contribution in [2.24, 2.45) is 0 Å². The van der Waals surface area contributed by atoms with Crippen molar-refractivity contribution in [3.63, 3.8) is 0 Å². The standard InChI is InChI=1S/C25H28ClN3O13S2/c1-14-10-19-20(39-13-38-19)12-17(14)11-18(30)23-21(4-9-43-23)44(34,35)28(24-22(26)15(2)27-42-24)16(3)41-25(31)37-7-5-36-6-8-40-29(32)33/h4,9-10,12,16,32-33H,5-8,11,13H2,1-3H3. The quantitative estimate of drug-likeness (QED) is 0.0772. The Morgan fingerprint density at radius 2 is 1.84 bits per heavy atom. The molecule has 16 nitrogen and oxygen atoms in total. The smallest absolute Gasteiger partial charge is 0.454 e. The Balaban J connectivity index is 1.51. The molecule has 0 radical (unpaired) electrons. The average Bonchev–Trinajstić information content (AvgIpc) is 3.70. The van der Waals surface area contributed by atoms with Gasteiger partial charge in [-0.05, 0) is 55.5 Å².